The molecule has 2 heterocycles. The van der Waals surface area contributed by atoms with Crippen molar-refractivity contribution < 1.29 is 14.6 Å². The summed E-state index contributed by atoms with van der Waals surface area (Å²) in [5.41, 5.74) is 0.118. The molecule has 100 valence electrons. The second-order valence-electron chi connectivity index (χ2n) is 4.79. The third-order valence-electron chi connectivity index (χ3n) is 3.30. The summed E-state index contributed by atoms with van der Waals surface area (Å²) in [5.74, 6) is -0.203. The molecule has 0 aliphatic carbocycles. The number of fused-ring (bicyclic) bond motifs is 1. The Labute approximate surface area is 114 Å². The molecule has 3 rings (SSSR count). The third-order valence-corrected chi connectivity index (χ3v) is 4.11. The van der Waals surface area contributed by atoms with Gasteiger partial charge in [-0.25, -0.2) is 4.79 Å². The van der Waals surface area contributed by atoms with E-state index in [1.165, 1.54) is 11.5 Å². The van der Waals surface area contributed by atoms with Gasteiger partial charge in [-0.1, -0.05) is 0 Å². The molecule has 0 bridgehead atoms. The number of hydrogen-bond donors (Lipinski definition) is 1. The number of benzene rings is 1. The van der Waals surface area contributed by atoms with Crippen molar-refractivity contribution in [1.82, 2.24) is 9.27 Å². The number of aromatic carboxylic acids is 1. The SMILES string of the molecule is CN1CCC(Oc2ccc3c(C(=O)O)nsc3c2)C1. The van der Waals surface area contributed by atoms with E-state index in [0.29, 0.717) is 5.39 Å². The fraction of sp³-hybridized carbons (Fsp3) is 0.385. The van der Waals surface area contributed by atoms with E-state index in [9.17, 15) is 4.79 Å². The number of carboxylic acids is 1. The first-order chi connectivity index (χ1) is 9.13. The molecular weight excluding hydrogens is 264 g/mol. The van der Waals surface area contributed by atoms with Crippen LogP contribution in [0.1, 0.15) is 16.9 Å². The fourth-order valence-corrected chi connectivity index (χ4v) is 3.13. The summed E-state index contributed by atoms with van der Waals surface area (Å²) in [6.45, 7) is 1.98. The van der Waals surface area contributed by atoms with Gasteiger partial charge in [-0.2, -0.15) is 4.37 Å². The van der Waals surface area contributed by atoms with Crippen LogP contribution in [0, 0.1) is 0 Å². The number of likely N-dealkylation sites (N-methyl/N-ethyl adjacent to an activating group) is 1. The predicted octanol–water partition coefficient (Wildman–Crippen LogP) is 2.08. The van der Waals surface area contributed by atoms with Crippen LogP contribution in [-0.2, 0) is 0 Å². The number of likely N-dealkylation sites (tertiary alicyclic amines) is 1. The summed E-state index contributed by atoms with van der Waals surface area (Å²) in [6, 6.07) is 5.47. The van der Waals surface area contributed by atoms with Crippen LogP contribution >= 0.6 is 11.5 Å². The van der Waals surface area contributed by atoms with Crippen LogP contribution in [-0.4, -0.2) is 46.6 Å². The number of aromatic nitrogens is 1. The fourth-order valence-electron chi connectivity index (χ4n) is 2.33. The molecule has 0 radical (unpaired) electrons. The molecule has 6 heteroatoms. The standard InChI is InChI=1S/C13H14N2O3S/c1-15-5-4-9(7-15)18-8-2-3-10-11(6-8)19-14-12(10)13(16)17/h2-3,6,9H,4-5,7H2,1H3,(H,16,17). The number of hydrogen-bond acceptors (Lipinski definition) is 5. The number of ether oxygens (including phenoxy) is 1. The van der Waals surface area contributed by atoms with Gasteiger partial charge in [0.25, 0.3) is 0 Å². The number of rotatable bonds is 3. The van der Waals surface area contributed by atoms with Crippen LogP contribution in [0.25, 0.3) is 10.1 Å². The Balaban J connectivity index is 1.84. The first kappa shape index (κ1) is 12.4. The molecule has 1 fully saturated rings. The highest BCUT2D eigenvalue weighted by Gasteiger charge is 2.21. The normalized spacial score (nSPS) is 19.9. The summed E-state index contributed by atoms with van der Waals surface area (Å²) in [5, 5.41) is 9.68. The van der Waals surface area contributed by atoms with E-state index in [1.54, 1.807) is 6.07 Å². The average molecular weight is 278 g/mol. The quantitative estimate of drug-likeness (QED) is 0.931. The molecule has 0 saturated carbocycles. The van der Waals surface area contributed by atoms with Crippen molar-refractivity contribution in [2.24, 2.45) is 0 Å². The van der Waals surface area contributed by atoms with Crippen LogP contribution in [0.5, 0.6) is 5.75 Å². The Hall–Kier alpha value is -1.66. The maximum absolute atomic E-state index is 11.0. The van der Waals surface area contributed by atoms with Crippen molar-refractivity contribution in [3.05, 3.63) is 23.9 Å². The number of carbonyl (C=O) groups is 1. The largest absolute Gasteiger partial charge is 0.489 e. The Kier molecular flexibility index (Phi) is 3.12. The minimum absolute atomic E-state index is 0.118. The lowest BCUT2D eigenvalue weighted by Gasteiger charge is -2.13. The lowest BCUT2D eigenvalue weighted by Crippen LogP contribution is -2.21. The summed E-state index contributed by atoms with van der Waals surface area (Å²) in [6.07, 6.45) is 1.24. The van der Waals surface area contributed by atoms with Gasteiger partial charge in [-0.15, -0.1) is 0 Å². The lowest BCUT2D eigenvalue weighted by molar-refractivity contribution is 0.0694. The Morgan fingerprint density at radius 1 is 1.58 bits per heavy atom. The van der Waals surface area contributed by atoms with Gasteiger partial charge in [0.05, 0.1) is 4.70 Å². The zero-order valence-electron chi connectivity index (χ0n) is 10.5. The first-order valence-electron chi connectivity index (χ1n) is 6.11. The van der Waals surface area contributed by atoms with Crippen LogP contribution in [0.3, 0.4) is 0 Å². The van der Waals surface area contributed by atoms with Gasteiger partial charge in [-0.3, -0.25) is 0 Å². The molecule has 0 spiro atoms. The molecule has 1 unspecified atom stereocenters. The summed E-state index contributed by atoms with van der Waals surface area (Å²) in [7, 11) is 2.08. The van der Waals surface area contributed by atoms with Gasteiger partial charge >= 0.3 is 5.97 Å². The summed E-state index contributed by atoms with van der Waals surface area (Å²) >= 11 is 1.19. The van der Waals surface area contributed by atoms with Crippen LogP contribution in [0.15, 0.2) is 18.2 Å². The molecule has 5 nitrogen and oxygen atoms in total. The summed E-state index contributed by atoms with van der Waals surface area (Å²) in [4.78, 5) is 13.2. The maximum Gasteiger partial charge on any atom is 0.356 e. The van der Waals surface area contributed by atoms with Crippen LogP contribution in [0.2, 0.25) is 0 Å². The Morgan fingerprint density at radius 2 is 2.42 bits per heavy atom. The monoisotopic (exact) mass is 278 g/mol. The first-order valence-corrected chi connectivity index (χ1v) is 6.89. The minimum Gasteiger partial charge on any atom is -0.489 e. The van der Waals surface area contributed by atoms with Crippen molar-refractivity contribution >= 4 is 27.6 Å². The zero-order chi connectivity index (χ0) is 13.4. The third kappa shape index (κ3) is 2.41. The second-order valence-corrected chi connectivity index (χ2v) is 5.59. The smallest absolute Gasteiger partial charge is 0.356 e. The van der Waals surface area contributed by atoms with E-state index in [2.05, 4.69) is 16.3 Å². The molecule has 1 atom stereocenters. The molecule has 19 heavy (non-hydrogen) atoms. The molecule has 1 aromatic carbocycles. The van der Waals surface area contributed by atoms with Crippen LogP contribution < -0.4 is 4.74 Å². The van der Waals surface area contributed by atoms with Gasteiger partial charge < -0.3 is 14.7 Å². The van der Waals surface area contributed by atoms with E-state index in [-0.39, 0.29) is 11.8 Å². The molecule has 1 N–H and O–H groups in total. The van der Waals surface area contributed by atoms with Crippen molar-refractivity contribution in [3.63, 3.8) is 0 Å². The van der Waals surface area contributed by atoms with Gasteiger partial charge in [0, 0.05) is 18.5 Å². The number of nitrogens with zero attached hydrogens (tertiary/aromatic N) is 2. The van der Waals surface area contributed by atoms with Gasteiger partial charge in [-0.05, 0) is 43.2 Å². The van der Waals surface area contributed by atoms with Gasteiger partial charge in [0.1, 0.15) is 11.9 Å². The van der Waals surface area contributed by atoms with E-state index < -0.39 is 5.97 Å². The lowest BCUT2D eigenvalue weighted by atomic mass is 10.2. The van der Waals surface area contributed by atoms with Crippen molar-refractivity contribution in [3.8, 4) is 5.75 Å². The highest BCUT2D eigenvalue weighted by Crippen LogP contribution is 2.28. The molecule has 1 aliphatic heterocycles. The molecule has 1 aromatic heterocycles. The predicted molar refractivity (Wildman–Crippen MR) is 73.1 cm³/mol. The van der Waals surface area contributed by atoms with Gasteiger partial charge in [0.15, 0.2) is 5.69 Å². The highest BCUT2D eigenvalue weighted by molar-refractivity contribution is 7.13. The van der Waals surface area contributed by atoms with E-state index in [0.717, 1.165) is 30.0 Å². The topological polar surface area (TPSA) is 62.7 Å². The molecular formula is C13H14N2O3S. The maximum atomic E-state index is 11.0. The van der Waals surface area contributed by atoms with E-state index in [4.69, 9.17) is 9.84 Å². The molecule has 2 aromatic rings. The number of carboxylic acid groups (broad SMARTS) is 1. The molecule has 1 aliphatic rings. The Bertz CT molecular complexity index is 625. The second kappa shape index (κ2) is 4.79. The summed E-state index contributed by atoms with van der Waals surface area (Å²) < 4.78 is 10.7. The Morgan fingerprint density at radius 3 is 3.11 bits per heavy atom. The van der Waals surface area contributed by atoms with Crippen LogP contribution in [0.4, 0.5) is 0 Å². The van der Waals surface area contributed by atoms with Crippen molar-refractivity contribution in [1.29, 1.82) is 0 Å². The highest BCUT2D eigenvalue weighted by atomic mass is 32.1. The average Bonchev–Trinajstić information content (AvgIpc) is 2.95. The molecule has 1 saturated heterocycles. The van der Waals surface area contributed by atoms with Crippen molar-refractivity contribution in [2.75, 3.05) is 20.1 Å². The zero-order valence-corrected chi connectivity index (χ0v) is 11.3. The van der Waals surface area contributed by atoms with Crippen molar-refractivity contribution in [2.45, 2.75) is 12.5 Å². The van der Waals surface area contributed by atoms with Gasteiger partial charge in [0.2, 0.25) is 0 Å². The van der Waals surface area contributed by atoms with E-state index >= 15 is 0 Å². The minimum atomic E-state index is -0.989. The molecule has 0 amide bonds. The van der Waals surface area contributed by atoms with E-state index in [1.807, 2.05) is 12.1 Å².